The second-order valence-corrected chi connectivity index (χ2v) is 10.3. The Morgan fingerprint density at radius 1 is 1.16 bits per heavy atom. The average Bonchev–Trinajstić information content (AvgIpc) is 2.79. The molecule has 0 aromatic carbocycles. The fourth-order valence-corrected chi connectivity index (χ4v) is 7.52. The van der Waals surface area contributed by atoms with Crippen LogP contribution < -0.4 is 4.72 Å². The fraction of sp³-hybridized carbons (Fsp3) is 0.941. The van der Waals surface area contributed by atoms with E-state index in [0.717, 1.165) is 6.42 Å². The van der Waals surface area contributed by atoms with Crippen LogP contribution in [0.1, 0.15) is 58.8 Å². The number of fused-ring (bicyclic) bond motifs is 2. The summed E-state index contributed by atoms with van der Waals surface area (Å²) in [6, 6.07) is -1.12. The van der Waals surface area contributed by atoms with E-state index < -0.39 is 39.0 Å². The van der Waals surface area contributed by atoms with Crippen molar-refractivity contribution < 1.29 is 26.4 Å². The Hall–Kier alpha value is -0.630. The van der Waals surface area contributed by atoms with Gasteiger partial charge >= 0.3 is 6.18 Å². The Labute approximate surface area is 147 Å². The lowest BCUT2D eigenvalue weighted by Crippen LogP contribution is -2.51. The molecule has 4 nitrogen and oxygen atoms in total. The van der Waals surface area contributed by atoms with Crippen LogP contribution in [-0.2, 0) is 14.8 Å². The minimum atomic E-state index is -4.41. The van der Waals surface area contributed by atoms with Crippen molar-refractivity contribution in [3.63, 3.8) is 0 Å². The summed E-state index contributed by atoms with van der Waals surface area (Å²) in [5, 5.41) is 0. The minimum absolute atomic E-state index is 0.0462. The van der Waals surface area contributed by atoms with E-state index in [1.165, 1.54) is 0 Å². The number of rotatable bonds is 4. The number of carbonyl (C=O) groups is 1. The van der Waals surface area contributed by atoms with Crippen LogP contribution in [0.5, 0.6) is 0 Å². The number of halogens is 3. The highest BCUT2D eigenvalue weighted by Crippen LogP contribution is 2.64. The van der Waals surface area contributed by atoms with Crippen molar-refractivity contribution >= 4 is 15.8 Å². The minimum Gasteiger partial charge on any atom is -0.299 e. The molecule has 3 fully saturated rings. The van der Waals surface area contributed by atoms with Crippen LogP contribution >= 0.6 is 0 Å². The summed E-state index contributed by atoms with van der Waals surface area (Å²) in [6.45, 7) is 3.84. The van der Waals surface area contributed by atoms with E-state index in [1.54, 1.807) is 0 Å². The Kier molecular flexibility index (Phi) is 4.55. The molecule has 1 N–H and O–H groups in total. The Morgan fingerprint density at radius 2 is 1.80 bits per heavy atom. The van der Waals surface area contributed by atoms with Gasteiger partial charge in [0.2, 0.25) is 10.0 Å². The number of carbonyl (C=O) groups excluding carboxylic acids is 1. The molecule has 25 heavy (non-hydrogen) atoms. The van der Waals surface area contributed by atoms with Crippen LogP contribution in [0.2, 0.25) is 0 Å². The Bertz CT molecular complexity index is 659. The van der Waals surface area contributed by atoms with Crippen molar-refractivity contribution in [3.05, 3.63) is 0 Å². The zero-order valence-electron chi connectivity index (χ0n) is 14.7. The number of nitrogens with one attached hydrogen (secondary N) is 1. The third-order valence-corrected chi connectivity index (χ3v) is 8.63. The lowest BCUT2D eigenvalue weighted by molar-refractivity contribution is -0.187. The van der Waals surface area contributed by atoms with E-state index in [0.29, 0.717) is 25.7 Å². The van der Waals surface area contributed by atoms with Gasteiger partial charge in [-0.05, 0) is 37.0 Å². The molecule has 0 aliphatic heterocycles. The maximum absolute atomic E-state index is 13.2. The highest BCUT2D eigenvalue weighted by Gasteiger charge is 2.65. The monoisotopic (exact) mass is 381 g/mol. The van der Waals surface area contributed by atoms with Gasteiger partial charge in [0.05, 0.1) is 11.7 Å². The largest absolute Gasteiger partial charge is 0.393 e. The molecule has 0 amide bonds. The molecule has 8 heteroatoms. The first kappa shape index (κ1) is 19.1. The fourth-order valence-electron chi connectivity index (χ4n) is 5.37. The number of Topliss-reactive ketones (excluding diaryl/α,β-unsaturated/α-hetero) is 1. The van der Waals surface area contributed by atoms with Crippen LogP contribution in [0.15, 0.2) is 0 Å². The molecule has 4 atom stereocenters. The molecular weight excluding hydrogens is 355 g/mol. The van der Waals surface area contributed by atoms with Crippen molar-refractivity contribution in [3.8, 4) is 0 Å². The Balaban J connectivity index is 1.79. The number of hydrogen-bond acceptors (Lipinski definition) is 3. The average molecular weight is 381 g/mol. The zero-order chi connectivity index (χ0) is 18.7. The molecule has 0 aromatic heterocycles. The van der Waals surface area contributed by atoms with Gasteiger partial charge in [0.1, 0.15) is 5.78 Å². The molecule has 0 saturated heterocycles. The van der Waals surface area contributed by atoms with Crippen molar-refractivity contribution in [1.29, 1.82) is 0 Å². The first-order valence-electron chi connectivity index (χ1n) is 8.99. The zero-order valence-corrected chi connectivity index (χ0v) is 15.5. The molecule has 3 rings (SSSR count). The molecule has 0 heterocycles. The summed E-state index contributed by atoms with van der Waals surface area (Å²) in [6.07, 6.45) is -1.52. The van der Waals surface area contributed by atoms with E-state index in [9.17, 15) is 26.4 Å². The molecule has 0 aromatic rings. The lowest BCUT2D eigenvalue weighted by Gasteiger charge is -2.38. The van der Waals surface area contributed by atoms with Gasteiger partial charge in [0, 0.05) is 17.9 Å². The third-order valence-electron chi connectivity index (χ3n) is 7.09. The smallest absolute Gasteiger partial charge is 0.299 e. The molecule has 0 spiro atoms. The van der Waals surface area contributed by atoms with Crippen molar-refractivity contribution in [2.75, 3.05) is 5.75 Å². The number of hydrogen-bond donors (Lipinski definition) is 1. The van der Waals surface area contributed by atoms with Crippen LogP contribution in [0.4, 0.5) is 13.2 Å². The maximum atomic E-state index is 13.2. The van der Waals surface area contributed by atoms with E-state index in [-0.39, 0.29) is 30.3 Å². The van der Waals surface area contributed by atoms with Gasteiger partial charge in [-0.3, -0.25) is 4.79 Å². The predicted octanol–water partition coefficient (Wildman–Crippen LogP) is 3.42. The summed E-state index contributed by atoms with van der Waals surface area (Å²) < 4.78 is 67.4. The summed E-state index contributed by atoms with van der Waals surface area (Å²) in [5.74, 6) is -1.90. The van der Waals surface area contributed by atoms with Crippen LogP contribution in [0.3, 0.4) is 0 Å². The molecule has 2 bridgehead atoms. The number of sulfonamides is 1. The van der Waals surface area contributed by atoms with Gasteiger partial charge in [-0.15, -0.1) is 0 Å². The van der Waals surface area contributed by atoms with E-state index >= 15 is 0 Å². The summed E-state index contributed by atoms with van der Waals surface area (Å²) in [7, 11) is -3.98. The van der Waals surface area contributed by atoms with Gasteiger partial charge in [0.15, 0.2) is 0 Å². The molecule has 0 radical (unpaired) electrons. The topological polar surface area (TPSA) is 63.2 Å². The van der Waals surface area contributed by atoms with E-state index in [4.69, 9.17) is 0 Å². The second kappa shape index (κ2) is 5.94. The second-order valence-electron chi connectivity index (χ2n) is 8.58. The molecule has 3 saturated carbocycles. The highest BCUT2D eigenvalue weighted by atomic mass is 32.2. The van der Waals surface area contributed by atoms with Gasteiger partial charge in [0.25, 0.3) is 0 Å². The van der Waals surface area contributed by atoms with Crippen LogP contribution in [0.25, 0.3) is 0 Å². The predicted molar refractivity (Wildman–Crippen MR) is 87.3 cm³/mol. The normalized spacial score (nSPS) is 38.3. The molecule has 3 aliphatic carbocycles. The first-order chi connectivity index (χ1) is 11.4. The maximum Gasteiger partial charge on any atom is 0.393 e. The van der Waals surface area contributed by atoms with Crippen molar-refractivity contribution in [1.82, 2.24) is 4.72 Å². The van der Waals surface area contributed by atoms with Crippen LogP contribution in [-0.4, -0.2) is 32.2 Å². The third kappa shape index (κ3) is 3.13. The standard InChI is InChI=1S/C17H26F3NO3S/c1-15(2)11-7-8-16(15,14(22)9-11)10-25(23,24)21-13-6-4-3-5-12(13)17(18,19)20/h11-13,21H,3-10H2,1-2H3/t11-,12+,13-,16+/m0/s1. The molecule has 144 valence electrons. The molecule has 0 unspecified atom stereocenters. The van der Waals surface area contributed by atoms with Gasteiger partial charge < -0.3 is 0 Å². The van der Waals surface area contributed by atoms with Gasteiger partial charge in [-0.25, -0.2) is 13.1 Å². The quantitative estimate of drug-likeness (QED) is 0.812. The van der Waals surface area contributed by atoms with Gasteiger partial charge in [-0.1, -0.05) is 26.7 Å². The number of alkyl halides is 3. The summed E-state index contributed by atoms with van der Waals surface area (Å²) in [4.78, 5) is 12.5. The Morgan fingerprint density at radius 3 is 2.32 bits per heavy atom. The first-order valence-corrected chi connectivity index (χ1v) is 10.6. The van der Waals surface area contributed by atoms with E-state index in [1.807, 2.05) is 13.8 Å². The van der Waals surface area contributed by atoms with Crippen LogP contribution in [0, 0.1) is 22.7 Å². The molecule has 3 aliphatic rings. The highest BCUT2D eigenvalue weighted by molar-refractivity contribution is 7.89. The van der Waals surface area contributed by atoms with Crippen molar-refractivity contribution in [2.45, 2.75) is 71.0 Å². The summed E-state index contributed by atoms with van der Waals surface area (Å²) in [5.41, 5.74) is -1.37. The lowest BCUT2D eigenvalue weighted by atomic mass is 9.70. The molecular formula is C17H26F3NO3S. The number of ketones is 1. The van der Waals surface area contributed by atoms with Gasteiger partial charge in [-0.2, -0.15) is 13.2 Å². The van der Waals surface area contributed by atoms with Crippen molar-refractivity contribution in [2.24, 2.45) is 22.7 Å². The summed E-state index contributed by atoms with van der Waals surface area (Å²) >= 11 is 0. The SMILES string of the molecule is CC1(C)[C@H]2CC[C@@]1(CS(=O)(=O)N[C@H]1CCCC[C@H]1C(F)(F)F)C(=O)C2. The van der Waals surface area contributed by atoms with E-state index in [2.05, 4.69) is 4.72 Å².